The quantitative estimate of drug-likeness (QED) is 0.0180. The molecule has 0 aliphatic carbocycles. The number of nitrogens with one attached hydrogen (secondary N) is 8. The summed E-state index contributed by atoms with van der Waals surface area (Å²) in [7, 11) is 0. The zero-order valence-corrected chi connectivity index (χ0v) is 40.8. The summed E-state index contributed by atoms with van der Waals surface area (Å²) in [6.07, 6.45) is 3.62. The second-order valence-corrected chi connectivity index (χ2v) is 17.7. The molecular weight excluding hydrogens is 933 g/mol. The van der Waals surface area contributed by atoms with Gasteiger partial charge in [-0.25, -0.2) is 4.79 Å². The number of aliphatic hydroxyl groups excluding tert-OH is 1. The molecule has 0 spiro atoms. The zero-order chi connectivity index (χ0) is 52.8. The van der Waals surface area contributed by atoms with Gasteiger partial charge < -0.3 is 81.4 Å². The topological polar surface area (TPSA) is 416 Å². The zero-order valence-electron chi connectivity index (χ0n) is 40.8. The predicted molar refractivity (Wildman–Crippen MR) is 269 cm³/mol. The number of hydrogen-bond donors (Lipinski definition) is 15. The molecule has 0 unspecified atom stereocenters. The summed E-state index contributed by atoms with van der Waals surface area (Å²) in [4.78, 5) is 111. The Morgan fingerprint density at radius 1 is 0.611 bits per heavy atom. The Morgan fingerprint density at radius 2 is 1.11 bits per heavy atom. The third-order valence-corrected chi connectivity index (χ3v) is 11.8. The first kappa shape index (κ1) is 59.6. The van der Waals surface area contributed by atoms with Crippen LogP contribution in [-0.4, -0.2) is 151 Å². The minimum Gasteiger partial charge on any atom is -0.480 e. The molecule has 0 radical (unpaired) electrons. The van der Waals surface area contributed by atoms with Gasteiger partial charge in [-0.15, -0.1) is 0 Å². The number of carbonyl (C=O) groups is 8. The summed E-state index contributed by atoms with van der Waals surface area (Å²) in [6, 6.07) is 8.45. The van der Waals surface area contributed by atoms with Crippen LogP contribution in [0.3, 0.4) is 0 Å². The van der Waals surface area contributed by atoms with Crippen molar-refractivity contribution in [2.24, 2.45) is 33.7 Å². The summed E-state index contributed by atoms with van der Waals surface area (Å²) >= 11 is 0. The number of nitrogens with zero attached hydrogens (tertiary/aromatic N) is 1. The Hall–Kier alpha value is -6.73. The lowest BCUT2D eigenvalue weighted by atomic mass is 10.0. The lowest BCUT2D eigenvalue weighted by molar-refractivity contribution is -0.142. The number of guanidine groups is 1. The number of primary amides is 1. The van der Waals surface area contributed by atoms with Gasteiger partial charge >= 0.3 is 5.97 Å². The minimum atomic E-state index is -1.62. The third-order valence-electron chi connectivity index (χ3n) is 11.8. The largest absolute Gasteiger partial charge is 0.480 e. The summed E-state index contributed by atoms with van der Waals surface area (Å²) < 4.78 is 0. The number of nitrogens with two attached hydrogens (primary N) is 5. The summed E-state index contributed by atoms with van der Waals surface area (Å²) in [6.45, 7) is 0.635. The standard InChI is InChI=1S/C48H76N14O10/c49-21-9-7-18-34(58-41(65)33-20-12-23-54-33)42(66)60-36(25-30-13-3-1-4-14-30)43(67)57-32(17-11-24-55-48(52)53)28-56-39(29-63)46(70)61-37(26-31-15-5-2-6-16-31)44(68)62-38(27-40(51)64)45(69)59-35(47(71)72)19-8-10-22-50/h1-6,13-16,32-39,54,56,63H,7-12,17-29,49-50H2,(H2,51,64)(H,57,67)(H,58,65)(H,59,69)(H,60,66)(H,61,70)(H,62,68)(H,71,72)(H4,52,53,55)/t32-,33+,34-,35-,36-,37-,38-,39-/m0/s1. The average molecular weight is 1010 g/mol. The van der Waals surface area contributed by atoms with Crippen molar-refractivity contribution in [1.29, 1.82) is 0 Å². The predicted octanol–water partition coefficient (Wildman–Crippen LogP) is -3.65. The molecule has 398 valence electrons. The van der Waals surface area contributed by atoms with Crippen molar-refractivity contribution >= 4 is 53.3 Å². The van der Waals surface area contributed by atoms with E-state index in [-0.39, 0.29) is 57.1 Å². The van der Waals surface area contributed by atoms with Crippen molar-refractivity contribution < 1.29 is 48.6 Å². The molecular formula is C48H76N14O10. The SMILES string of the molecule is NCCCC[C@H](NC(=O)[C@H](CC(N)=O)NC(=O)[C@H](Cc1ccccc1)NC(=O)[C@H](CO)NC[C@H](CCCN=C(N)N)NC(=O)[C@H](Cc1ccccc1)NC(=O)[C@H](CCCCN)NC(=O)[C@H]1CCCN1)C(=O)O. The molecule has 2 aromatic carbocycles. The van der Waals surface area contributed by atoms with Crippen LogP contribution in [0.25, 0.3) is 0 Å². The van der Waals surface area contributed by atoms with Crippen LogP contribution < -0.4 is 71.2 Å². The number of rotatable bonds is 35. The van der Waals surface area contributed by atoms with Crippen LogP contribution in [0.2, 0.25) is 0 Å². The summed E-state index contributed by atoms with van der Waals surface area (Å²) in [5.74, 6) is -6.70. The van der Waals surface area contributed by atoms with E-state index in [4.69, 9.17) is 28.7 Å². The van der Waals surface area contributed by atoms with Gasteiger partial charge in [0, 0.05) is 32.0 Å². The lowest BCUT2D eigenvalue weighted by Gasteiger charge is -2.28. The van der Waals surface area contributed by atoms with Crippen LogP contribution in [0.1, 0.15) is 81.8 Å². The molecule has 24 nitrogen and oxygen atoms in total. The number of aliphatic hydroxyl groups is 1. The summed E-state index contributed by atoms with van der Waals surface area (Å²) in [5, 5.41) is 42.4. The van der Waals surface area contributed by atoms with E-state index in [1.807, 2.05) is 6.07 Å². The molecule has 0 aromatic heterocycles. The molecule has 72 heavy (non-hydrogen) atoms. The highest BCUT2D eigenvalue weighted by Crippen LogP contribution is 2.12. The molecule has 1 saturated heterocycles. The maximum absolute atomic E-state index is 14.3. The molecule has 1 heterocycles. The number of amides is 7. The van der Waals surface area contributed by atoms with Crippen molar-refractivity contribution in [3.05, 3.63) is 71.8 Å². The molecule has 0 bridgehead atoms. The lowest BCUT2D eigenvalue weighted by Crippen LogP contribution is -2.60. The van der Waals surface area contributed by atoms with Gasteiger partial charge in [-0.05, 0) is 95.0 Å². The Labute approximate surface area is 419 Å². The van der Waals surface area contributed by atoms with Crippen molar-refractivity contribution in [2.75, 3.05) is 39.3 Å². The number of aliphatic imine (C=N–C) groups is 1. The van der Waals surface area contributed by atoms with E-state index in [1.165, 1.54) is 0 Å². The van der Waals surface area contributed by atoms with E-state index in [2.05, 4.69) is 47.5 Å². The van der Waals surface area contributed by atoms with E-state index in [1.54, 1.807) is 54.6 Å². The van der Waals surface area contributed by atoms with Crippen LogP contribution in [0, 0.1) is 0 Å². The monoisotopic (exact) mass is 1010 g/mol. The van der Waals surface area contributed by atoms with Gasteiger partial charge in [-0.1, -0.05) is 60.7 Å². The normalized spacial score (nSPS) is 16.0. The van der Waals surface area contributed by atoms with E-state index in [0.29, 0.717) is 63.7 Å². The number of carbonyl (C=O) groups excluding carboxylic acids is 7. The van der Waals surface area contributed by atoms with E-state index in [9.17, 15) is 48.6 Å². The Bertz CT molecular complexity index is 2060. The fraction of sp³-hybridized carbons (Fsp3) is 0.562. The van der Waals surface area contributed by atoms with Crippen LogP contribution in [0.5, 0.6) is 0 Å². The van der Waals surface area contributed by atoms with Gasteiger partial charge in [0.15, 0.2) is 5.96 Å². The number of aliphatic carboxylic acids is 1. The molecule has 24 heteroatoms. The van der Waals surface area contributed by atoms with E-state index >= 15 is 0 Å². The molecule has 3 rings (SSSR count). The molecule has 1 aliphatic heterocycles. The molecule has 0 saturated carbocycles. The second-order valence-electron chi connectivity index (χ2n) is 17.7. The smallest absolute Gasteiger partial charge is 0.326 e. The number of unbranched alkanes of at least 4 members (excludes halogenated alkanes) is 2. The van der Waals surface area contributed by atoms with Crippen molar-refractivity contribution in [3.8, 4) is 0 Å². The Kier molecular flexibility index (Phi) is 27.3. The van der Waals surface area contributed by atoms with Crippen molar-refractivity contribution in [3.63, 3.8) is 0 Å². The van der Waals surface area contributed by atoms with Crippen LogP contribution >= 0.6 is 0 Å². The molecule has 1 fully saturated rings. The third kappa shape index (κ3) is 22.6. The maximum Gasteiger partial charge on any atom is 0.326 e. The van der Waals surface area contributed by atoms with Gasteiger partial charge in [0.05, 0.1) is 19.1 Å². The number of carboxylic acids is 1. The fourth-order valence-electron chi connectivity index (χ4n) is 7.91. The van der Waals surface area contributed by atoms with Crippen molar-refractivity contribution in [2.45, 2.75) is 132 Å². The molecule has 7 amide bonds. The molecule has 1 aliphatic rings. The van der Waals surface area contributed by atoms with Gasteiger partial charge in [-0.2, -0.15) is 0 Å². The highest BCUT2D eigenvalue weighted by Gasteiger charge is 2.34. The van der Waals surface area contributed by atoms with Gasteiger partial charge in [0.1, 0.15) is 36.3 Å². The molecule has 8 atom stereocenters. The highest BCUT2D eigenvalue weighted by molar-refractivity contribution is 5.96. The van der Waals surface area contributed by atoms with Gasteiger partial charge in [-0.3, -0.25) is 38.6 Å². The van der Waals surface area contributed by atoms with Crippen LogP contribution in [-0.2, 0) is 51.2 Å². The average Bonchev–Trinajstić information content (AvgIpc) is 3.90. The molecule has 20 N–H and O–H groups in total. The second kappa shape index (κ2) is 33.0. The Balaban J connectivity index is 1.86. The number of hydrogen-bond acceptors (Lipinski definition) is 14. The first-order valence-corrected chi connectivity index (χ1v) is 24.5. The fourth-order valence-corrected chi connectivity index (χ4v) is 7.91. The minimum absolute atomic E-state index is 0.0270. The first-order chi connectivity index (χ1) is 34.5. The number of carboxylic acid groups (broad SMARTS) is 1. The Morgan fingerprint density at radius 3 is 1.61 bits per heavy atom. The van der Waals surface area contributed by atoms with E-state index in [0.717, 1.165) is 12.0 Å². The first-order valence-electron chi connectivity index (χ1n) is 24.5. The van der Waals surface area contributed by atoms with E-state index < -0.39 is 103 Å². The number of benzene rings is 2. The van der Waals surface area contributed by atoms with Crippen molar-refractivity contribution in [1.82, 2.24) is 42.5 Å². The van der Waals surface area contributed by atoms with Crippen LogP contribution in [0.4, 0.5) is 0 Å². The molecule has 2 aromatic rings. The highest BCUT2D eigenvalue weighted by atomic mass is 16.4. The summed E-state index contributed by atoms with van der Waals surface area (Å²) in [5.41, 5.74) is 29.1. The van der Waals surface area contributed by atoms with Crippen LogP contribution in [0.15, 0.2) is 65.7 Å². The van der Waals surface area contributed by atoms with Gasteiger partial charge in [0.2, 0.25) is 41.4 Å². The maximum atomic E-state index is 14.3. The van der Waals surface area contributed by atoms with Gasteiger partial charge in [0.25, 0.3) is 0 Å².